The van der Waals surface area contributed by atoms with E-state index in [1.807, 2.05) is 42.2 Å². The number of carbonyl (C=O) groups is 4. The van der Waals surface area contributed by atoms with Gasteiger partial charge in [0.25, 0.3) is 0 Å². The molecule has 410 valence electrons. The highest BCUT2D eigenvalue weighted by molar-refractivity contribution is 6.34. The van der Waals surface area contributed by atoms with Crippen LogP contribution in [0.5, 0.6) is 11.5 Å². The lowest BCUT2D eigenvalue weighted by Crippen LogP contribution is -2.53. The highest BCUT2D eigenvalue weighted by Gasteiger charge is 2.51. The number of aromatic nitrogens is 2. The molecule has 4 aliphatic heterocycles. The molecule has 4 aromatic carbocycles. The molecule has 15 nitrogen and oxygen atoms in total. The van der Waals surface area contributed by atoms with Crippen LogP contribution in [0.15, 0.2) is 54.6 Å². The summed E-state index contributed by atoms with van der Waals surface area (Å²) < 4.78 is 78.3. The number of urea groups is 1. The van der Waals surface area contributed by atoms with E-state index in [1.54, 1.807) is 7.05 Å². The summed E-state index contributed by atoms with van der Waals surface area (Å²) in [6.07, 6.45) is 4.78. The van der Waals surface area contributed by atoms with Crippen LogP contribution < -0.4 is 30.7 Å². The molecule has 20 heteroatoms. The second kappa shape index (κ2) is 21.5. The zero-order valence-corrected chi connectivity index (χ0v) is 44.5. The Bertz CT molecular complexity index is 3130. The summed E-state index contributed by atoms with van der Waals surface area (Å²) in [5, 5.41) is 19.5. The fourth-order valence-electron chi connectivity index (χ4n) is 12.9. The molecule has 3 saturated heterocycles. The van der Waals surface area contributed by atoms with Gasteiger partial charge in [-0.3, -0.25) is 29.3 Å². The first-order valence-electron chi connectivity index (χ1n) is 26.7. The number of hydrogen-bond acceptors (Lipinski definition) is 10. The molecule has 5 aliphatic rings. The number of benzene rings is 4. The second-order valence-electron chi connectivity index (χ2n) is 22.0. The number of rotatable bonds is 14. The number of primary amides is 1. The number of aliphatic hydroxyl groups excluding tert-OH is 1. The topological polar surface area (TPSA) is 185 Å². The largest absolute Gasteiger partial charge is 0.488 e. The fourth-order valence-corrected chi connectivity index (χ4v) is 13.2. The molecule has 0 spiro atoms. The summed E-state index contributed by atoms with van der Waals surface area (Å²) in [6.45, 7) is 9.31. The molecule has 0 bridgehead atoms. The van der Waals surface area contributed by atoms with Crippen molar-refractivity contribution in [3.63, 3.8) is 0 Å². The molecule has 10 rings (SSSR count). The number of piperidine rings is 2. The van der Waals surface area contributed by atoms with E-state index in [0.29, 0.717) is 76.2 Å². The molecule has 5 heterocycles. The Kier molecular flexibility index (Phi) is 15.1. The number of nitrogens with zero attached hydrogens (tertiary/aromatic N) is 5. The number of fused-ring (bicyclic) bond motifs is 2. The van der Waals surface area contributed by atoms with Crippen molar-refractivity contribution in [1.29, 1.82) is 0 Å². The van der Waals surface area contributed by atoms with Gasteiger partial charge in [-0.25, -0.2) is 22.4 Å². The SMILES string of the molecule is CC1CN(C(=O)C2(C)CCC(NCC3(c4ccccc4)Oc4cc(F)c(Cl)c(-c5c(C(N)=O)ccc(OCCO)c5F)c4C3C)CC2)CCC1CN1CCC(c2c(F)cc3c(N4CCC(=O)NC4=O)nn(C)c3c2F)CC1. The molecule has 5 N–H and O–H groups in total. The van der Waals surface area contributed by atoms with Gasteiger partial charge in [0.1, 0.15) is 29.5 Å². The van der Waals surface area contributed by atoms with Gasteiger partial charge < -0.3 is 35.4 Å². The molecular weight excluding hydrogens is 1020 g/mol. The third kappa shape index (κ3) is 9.90. The summed E-state index contributed by atoms with van der Waals surface area (Å²) >= 11 is 6.74. The maximum atomic E-state index is 16.5. The number of imide groups is 1. The third-order valence-corrected chi connectivity index (χ3v) is 17.7. The van der Waals surface area contributed by atoms with Gasteiger partial charge >= 0.3 is 6.03 Å². The minimum atomic E-state index is -1.15. The smallest absolute Gasteiger partial charge is 0.329 e. The second-order valence-corrected chi connectivity index (χ2v) is 22.4. The molecular formula is C57H65ClF4N8O7. The van der Waals surface area contributed by atoms with E-state index in [-0.39, 0.29) is 100 Å². The Hall–Kier alpha value is -6.28. The molecule has 1 aliphatic carbocycles. The molecule has 4 atom stereocenters. The van der Waals surface area contributed by atoms with E-state index in [0.717, 1.165) is 18.5 Å². The minimum absolute atomic E-state index is 0.00548. The molecule has 5 amide bonds. The Morgan fingerprint density at radius 1 is 0.935 bits per heavy atom. The number of anilines is 1. The molecule has 4 unspecified atom stereocenters. The zero-order chi connectivity index (χ0) is 54.7. The van der Waals surface area contributed by atoms with Crippen LogP contribution in [0.1, 0.15) is 111 Å². The van der Waals surface area contributed by atoms with Gasteiger partial charge in [-0.1, -0.05) is 62.7 Å². The average Bonchev–Trinajstić information content (AvgIpc) is 4.03. The Morgan fingerprint density at radius 3 is 2.34 bits per heavy atom. The van der Waals surface area contributed by atoms with Crippen LogP contribution in [0.3, 0.4) is 0 Å². The van der Waals surface area contributed by atoms with Crippen molar-refractivity contribution >= 4 is 52.1 Å². The number of nitrogens with one attached hydrogen (secondary N) is 2. The molecule has 4 fully saturated rings. The van der Waals surface area contributed by atoms with Crippen molar-refractivity contribution in [2.45, 2.75) is 95.6 Å². The number of amides is 5. The normalized spacial score (nSPS) is 25.2. The highest BCUT2D eigenvalue weighted by atomic mass is 35.5. The minimum Gasteiger partial charge on any atom is -0.488 e. The highest BCUT2D eigenvalue weighted by Crippen LogP contribution is 2.57. The number of nitrogens with two attached hydrogens (primary N) is 1. The molecule has 1 aromatic heterocycles. The molecule has 1 saturated carbocycles. The van der Waals surface area contributed by atoms with E-state index in [4.69, 9.17) is 26.8 Å². The Morgan fingerprint density at radius 2 is 1.66 bits per heavy atom. The predicted molar refractivity (Wildman–Crippen MR) is 282 cm³/mol. The Balaban J connectivity index is 0.761. The lowest BCUT2D eigenvalue weighted by atomic mass is 9.72. The maximum absolute atomic E-state index is 16.5. The van der Waals surface area contributed by atoms with Crippen LogP contribution >= 0.6 is 11.6 Å². The van der Waals surface area contributed by atoms with Crippen LogP contribution in [0, 0.1) is 40.5 Å². The number of carbonyl (C=O) groups excluding carboxylic acids is 4. The zero-order valence-electron chi connectivity index (χ0n) is 43.7. The van der Waals surface area contributed by atoms with Crippen LogP contribution in [0.2, 0.25) is 5.02 Å². The van der Waals surface area contributed by atoms with Crippen molar-refractivity contribution in [2.24, 2.45) is 30.0 Å². The first-order valence-corrected chi connectivity index (χ1v) is 27.1. The van der Waals surface area contributed by atoms with Gasteiger partial charge in [-0.2, -0.15) is 5.10 Å². The summed E-state index contributed by atoms with van der Waals surface area (Å²) in [6, 6.07) is 13.8. The van der Waals surface area contributed by atoms with E-state index < -0.39 is 69.7 Å². The number of aliphatic hydroxyl groups is 1. The molecule has 77 heavy (non-hydrogen) atoms. The summed E-state index contributed by atoms with van der Waals surface area (Å²) in [7, 11) is 1.56. The monoisotopic (exact) mass is 1080 g/mol. The number of hydrogen-bond donors (Lipinski definition) is 4. The lowest BCUT2D eigenvalue weighted by Gasteiger charge is -2.45. The first-order chi connectivity index (χ1) is 36.8. The van der Waals surface area contributed by atoms with Gasteiger partial charge in [-0.15, -0.1) is 0 Å². The summed E-state index contributed by atoms with van der Waals surface area (Å²) in [4.78, 5) is 57.2. The number of likely N-dealkylation sites (tertiary alicyclic amines) is 2. The average molecular weight is 1090 g/mol. The van der Waals surface area contributed by atoms with E-state index in [2.05, 4.69) is 34.5 Å². The van der Waals surface area contributed by atoms with Crippen molar-refractivity contribution in [2.75, 3.05) is 63.9 Å². The van der Waals surface area contributed by atoms with Crippen molar-refractivity contribution in [3.8, 4) is 22.6 Å². The van der Waals surface area contributed by atoms with Gasteiger partial charge in [0.05, 0.1) is 22.6 Å². The van der Waals surface area contributed by atoms with Gasteiger partial charge in [-0.05, 0) is 99.6 Å². The molecule has 5 aromatic rings. The number of halogens is 5. The standard InChI is InChI=1S/C57H65ClF4N8O7/c1-31-28-69(22-16-34(31)29-68-20-14-33(15-21-68)45-39(59)26-38-51(50(45)62)67(4)66-53(38)70-23-17-43(72)65-55(70)75)54(74)56(3)18-12-36(13-19-56)64-30-57(35-8-6-5-7-9-35)32(2)44-42(77-57)27-40(60)48(58)47(44)46-37(52(63)73)10-11-41(49(46)61)76-25-24-71/h5-11,26-27,31-34,36,64,71H,12-25,28-30H2,1-4H3,(H2,63,73)(H,65,72,75). The van der Waals surface area contributed by atoms with Crippen LogP contribution in [0.4, 0.5) is 28.2 Å². The van der Waals surface area contributed by atoms with Crippen LogP contribution in [-0.4, -0.2) is 114 Å². The fraction of sp³-hybridized carbons (Fsp3) is 0.491. The Labute approximate surface area is 449 Å². The predicted octanol–water partition coefficient (Wildman–Crippen LogP) is 8.66. The van der Waals surface area contributed by atoms with Gasteiger partial charge in [0.2, 0.25) is 17.7 Å². The summed E-state index contributed by atoms with van der Waals surface area (Å²) in [5.41, 5.74) is 4.74. The van der Waals surface area contributed by atoms with E-state index >= 15 is 17.6 Å². The maximum Gasteiger partial charge on any atom is 0.329 e. The van der Waals surface area contributed by atoms with Gasteiger partial charge in [0.15, 0.2) is 28.8 Å². The van der Waals surface area contributed by atoms with Crippen molar-refractivity contribution < 1.29 is 51.3 Å². The van der Waals surface area contributed by atoms with Crippen molar-refractivity contribution in [1.82, 2.24) is 30.2 Å². The quantitative estimate of drug-likeness (QED) is 0.0785. The van der Waals surface area contributed by atoms with Crippen molar-refractivity contribution in [3.05, 3.63) is 105 Å². The first kappa shape index (κ1) is 54.1. The van der Waals surface area contributed by atoms with Gasteiger partial charge in [0, 0.05) is 91.9 Å². The van der Waals surface area contributed by atoms with E-state index in [9.17, 15) is 24.3 Å². The number of ether oxygens (including phenoxy) is 2. The van der Waals surface area contributed by atoms with Crippen LogP contribution in [-0.2, 0) is 22.2 Å². The lowest BCUT2D eigenvalue weighted by molar-refractivity contribution is -0.146. The van der Waals surface area contributed by atoms with E-state index in [1.165, 1.54) is 33.8 Å². The van der Waals surface area contributed by atoms with Crippen LogP contribution in [0.25, 0.3) is 22.0 Å². The number of aryl methyl sites for hydroxylation is 1. The third-order valence-electron chi connectivity index (χ3n) is 17.3. The summed E-state index contributed by atoms with van der Waals surface area (Å²) in [5.74, 6) is -4.82. The molecule has 0 radical (unpaired) electrons.